The van der Waals surface area contributed by atoms with E-state index in [1.165, 1.54) is 44.9 Å². The van der Waals surface area contributed by atoms with Gasteiger partial charge in [-0.15, -0.1) is 0 Å². The summed E-state index contributed by atoms with van der Waals surface area (Å²) in [6, 6.07) is 0.564. The highest BCUT2D eigenvalue weighted by atomic mass is 19.1. The highest BCUT2D eigenvalue weighted by Gasteiger charge is 2.63. The van der Waals surface area contributed by atoms with E-state index in [1.54, 1.807) is 0 Å². The Morgan fingerprint density at radius 3 is 2.44 bits per heavy atom. The lowest BCUT2D eigenvalue weighted by Crippen LogP contribution is -2.58. The third-order valence-electron chi connectivity index (χ3n) is 11.5. The topological polar surface area (TPSA) is 70.3 Å². The maximum atomic E-state index is 16.0. The average molecular weight is 480 g/mol. The molecule has 198 valence electrons. The minimum Gasteiger partial charge on any atom is -0.396 e. The first kappa shape index (κ1) is 26.8. The second-order valence-electron chi connectivity index (χ2n) is 13.2. The third-order valence-corrected chi connectivity index (χ3v) is 11.5. The van der Waals surface area contributed by atoms with Gasteiger partial charge in [-0.1, -0.05) is 20.8 Å². The zero-order valence-electron chi connectivity index (χ0n) is 22.3. The fourth-order valence-electron chi connectivity index (χ4n) is 9.50. The standard InChI is InChI=1S/C29H54FN3O/c1-20(19-34)23-7-8-24-27-25(10-12-29(23,24)3)28(2)11-9-22(17-21(28)18-26(27)30)33-16-6-15-32-14-5-4-13-31/h20-27,32-34H,4-19,31H2,1-3H3/t20-,21-,22+,23-,24+,25+,26-,27+,28+,29-/m1/s1. The quantitative estimate of drug-likeness (QED) is 0.318. The van der Waals surface area contributed by atoms with E-state index in [9.17, 15) is 5.11 Å². The maximum absolute atomic E-state index is 16.0. The Bertz CT molecular complexity index is 649. The van der Waals surface area contributed by atoms with Gasteiger partial charge in [0.25, 0.3) is 0 Å². The van der Waals surface area contributed by atoms with Crippen LogP contribution in [0.2, 0.25) is 0 Å². The molecule has 0 aromatic carbocycles. The molecule has 4 aliphatic rings. The van der Waals surface area contributed by atoms with E-state index in [-0.39, 0.29) is 17.9 Å². The minimum absolute atomic E-state index is 0.230. The number of aliphatic hydroxyl groups excluding tert-OH is 1. The Hall–Kier alpha value is -0.230. The number of nitrogens with two attached hydrogens (primary N) is 1. The van der Waals surface area contributed by atoms with Crippen molar-refractivity contribution in [1.29, 1.82) is 0 Å². The monoisotopic (exact) mass is 479 g/mol. The molecule has 10 atom stereocenters. The largest absolute Gasteiger partial charge is 0.396 e. The van der Waals surface area contributed by atoms with Crippen molar-refractivity contribution in [3.05, 3.63) is 0 Å². The van der Waals surface area contributed by atoms with E-state index in [4.69, 9.17) is 5.73 Å². The molecular weight excluding hydrogens is 425 g/mol. The van der Waals surface area contributed by atoms with E-state index in [0.29, 0.717) is 41.0 Å². The van der Waals surface area contributed by atoms with Crippen molar-refractivity contribution in [2.45, 2.75) is 104 Å². The summed E-state index contributed by atoms with van der Waals surface area (Å²) in [6.07, 6.45) is 12.1. The molecule has 0 radical (unpaired) electrons. The minimum atomic E-state index is -0.632. The van der Waals surface area contributed by atoms with E-state index in [1.807, 2.05) is 0 Å². The summed E-state index contributed by atoms with van der Waals surface area (Å²) in [6.45, 7) is 11.5. The highest BCUT2D eigenvalue weighted by molar-refractivity contribution is 5.12. The lowest BCUT2D eigenvalue weighted by atomic mass is 9.44. The molecule has 0 aromatic rings. The van der Waals surface area contributed by atoms with Crippen LogP contribution in [0.4, 0.5) is 4.39 Å². The van der Waals surface area contributed by atoms with Crippen LogP contribution >= 0.6 is 0 Å². The van der Waals surface area contributed by atoms with Gasteiger partial charge >= 0.3 is 0 Å². The molecule has 0 bridgehead atoms. The van der Waals surface area contributed by atoms with Gasteiger partial charge in [0.15, 0.2) is 0 Å². The molecule has 0 unspecified atom stereocenters. The van der Waals surface area contributed by atoms with Gasteiger partial charge in [0.1, 0.15) is 6.17 Å². The first-order valence-electron chi connectivity index (χ1n) is 14.7. The van der Waals surface area contributed by atoms with Crippen LogP contribution in [-0.2, 0) is 0 Å². The van der Waals surface area contributed by atoms with Crippen molar-refractivity contribution < 1.29 is 9.50 Å². The van der Waals surface area contributed by atoms with E-state index >= 15 is 4.39 Å². The number of aliphatic hydroxyl groups is 1. The van der Waals surface area contributed by atoms with Crippen molar-refractivity contribution in [2.24, 2.45) is 52.1 Å². The zero-order valence-corrected chi connectivity index (χ0v) is 22.3. The molecule has 4 rings (SSSR count). The molecule has 4 saturated carbocycles. The molecule has 5 heteroatoms. The summed E-state index contributed by atoms with van der Waals surface area (Å²) in [5, 5.41) is 17.2. The summed E-state index contributed by atoms with van der Waals surface area (Å²) in [5.41, 5.74) is 6.10. The Balaban J connectivity index is 1.31. The molecular formula is C29H54FN3O. The van der Waals surface area contributed by atoms with Crippen LogP contribution in [0.5, 0.6) is 0 Å². The molecule has 4 fully saturated rings. The first-order valence-corrected chi connectivity index (χ1v) is 14.7. The Kier molecular flexibility index (Phi) is 9.03. The van der Waals surface area contributed by atoms with Gasteiger partial charge < -0.3 is 21.5 Å². The van der Waals surface area contributed by atoms with Crippen molar-refractivity contribution in [1.82, 2.24) is 10.6 Å². The number of rotatable bonds is 11. The first-order chi connectivity index (χ1) is 16.3. The normalized spacial score (nSPS) is 44.8. The maximum Gasteiger partial charge on any atom is 0.104 e. The number of nitrogens with one attached hydrogen (secondary N) is 2. The number of unbranched alkanes of at least 4 members (excludes halogenated alkanes) is 1. The predicted octanol–water partition coefficient (Wildman–Crippen LogP) is 4.90. The molecule has 0 heterocycles. The molecule has 5 N–H and O–H groups in total. The summed E-state index contributed by atoms with van der Waals surface area (Å²) in [5.74, 6) is 2.77. The summed E-state index contributed by atoms with van der Waals surface area (Å²) >= 11 is 0. The van der Waals surface area contributed by atoms with Crippen LogP contribution in [0.1, 0.15) is 91.4 Å². The van der Waals surface area contributed by atoms with Gasteiger partial charge in [-0.3, -0.25) is 0 Å². The van der Waals surface area contributed by atoms with Gasteiger partial charge in [-0.05, 0) is 143 Å². The fraction of sp³-hybridized carbons (Fsp3) is 1.00. The van der Waals surface area contributed by atoms with E-state index < -0.39 is 6.17 Å². The van der Waals surface area contributed by atoms with Crippen LogP contribution in [0.15, 0.2) is 0 Å². The molecule has 0 spiro atoms. The second kappa shape index (κ2) is 11.4. The van der Waals surface area contributed by atoms with Gasteiger partial charge in [0.2, 0.25) is 0 Å². The number of hydrogen-bond acceptors (Lipinski definition) is 4. The van der Waals surface area contributed by atoms with Gasteiger partial charge in [0.05, 0.1) is 0 Å². The number of alkyl halides is 1. The van der Waals surface area contributed by atoms with Gasteiger partial charge in [0, 0.05) is 12.6 Å². The number of halogens is 1. The van der Waals surface area contributed by atoms with Gasteiger partial charge in [-0.25, -0.2) is 4.39 Å². The van der Waals surface area contributed by atoms with Gasteiger partial charge in [-0.2, -0.15) is 0 Å². The predicted molar refractivity (Wildman–Crippen MR) is 139 cm³/mol. The van der Waals surface area contributed by atoms with Crippen molar-refractivity contribution in [2.75, 3.05) is 32.8 Å². The average Bonchev–Trinajstić information content (AvgIpc) is 3.18. The van der Waals surface area contributed by atoms with Crippen molar-refractivity contribution in [3.63, 3.8) is 0 Å². The van der Waals surface area contributed by atoms with Crippen molar-refractivity contribution in [3.8, 4) is 0 Å². The highest BCUT2D eigenvalue weighted by Crippen LogP contribution is 2.68. The third kappa shape index (κ3) is 5.10. The summed E-state index contributed by atoms with van der Waals surface area (Å²) in [7, 11) is 0. The van der Waals surface area contributed by atoms with Crippen LogP contribution in [0, 0.1) is 46.3 Å². The molecule has 34 heavy (non-hydrogen) atoms. The summed E-state index contributed by atoms with van der Waals surface area (Å²) in [4.78, 5) is 0. The van der Waals surface area contributed by atoms with Crippen molar-refractivity contribution >= 4 is 0 Å². The van der Waals surface area contributed by atoms with E-state index in [2.05, 4.69) is 31.4 Å². The number of hydrogen-bond donors (Lipinski definition) is 4. The Morgan fingerprint density at radius 2 is 1.68 bits per heavy atom. The number of fused-ring (bicyclic) bond motifs is 5. The molecule has 0 aliphatic heterocycles. The zero-order chi connectivity index (χ0) is 24.3. The lowest BCUT2D eigenvalue weighted by Gasteiger charge is -2.62. The van der Waals surface area contributed by atoms with Crippen LogP contribution < -0.4 is 16.4 Å². The van der Waals surface area contributed by atoms with Crippen LogP contribution in [0.3, 0.4) is 0 Å². The fourth-order valence-corrected chi connectivity index (χ4v) is 9.50. The Labute approximate surface area is 208 Å². The smallest absolute Gasteiger partial charge is 0.104 e. The lowest BCUT2D eigenvalue weighted by molar-refractivity contribution is -0.149. The van der Waals surface area contributed by atoms with Crippen LogP contribution in [-0.4, -0.2) is 50.1 Å². The second-order valence-corrected chi connectivity index (χ2v) is 13.2. The summed E-state index contributed by atoms with van der Waals surface area (Å²) < 4.78 is 16.0. The SMILES string of the molecule is C[C@H](CO)[C@H]1CC[C@H]2[C@@H]3[C@H](F)C[C@H]4C[C@@H](NCCCNCCCCN)CC[C@]4(C)[C@H]3CC[C@]12C. The molecule has 0 amide bonds. The molecule has 0 saturated heterocycles. The van der Waals surface area contributed by atoms with Crippen LogP contribution in [0.25, 0.3) is 0 Å². The molecule has 4 aliphatic carbocycles. The van der Waals surface area contributed by atoms with E-state index in [0.717, 1.165) is 51.9 Å². The Morgan fingerprint density at radius 1 is 0.941 bits per heavy atom. The molecule has 0 aromatic heterocycles. The molecule has 4 nitrogen and oxygen atoms in total.